The molecule has 1 amide bonds. The fourth-order valence-electron chi connectivity index (χ4n) is 0.780. The number of nitrogens with two attached hydrogens (primary N) is 1. The van der Waals surface area contributed by atoms with Crippen LogP contribution in [0.4, 0.5) is 0 Å². The van der Waals surface area contributed by atoms with Crippen LogP contribution in [0.5, 0.6) is 0 Å². The van der Waals surface area contributed by atoms with Gasteiger partial charge in [0.25, 0.3) is 5.91 Å². The highest BCUT2D eigenvalue weighted by Crippen LogP contribution is 2.20. The molecule has 0 fully saturated rings. The summed E-state index contributed by atoms with van der Waals surface area (Å²) in [6.07, 6.45) is 0. The van der Waals surface area contributed by atoms with Gasteiger partial charge in [-0.15, -0.1) is 11.3 Å². The van der Waals surface area contributed by atoms with Gasteiger partial charge in [0.1, 0.15) is 0 Å². The van der Waals surface area contributed by atoms with Crippen LogP contribution >= 0.6 is 39.5 Å². The van der Waals surface area contributed by atoms with Gasteiger partial charge in [-0.1, -0.05) is 12.2 Å². The van der Waals surface area contributed by atoms with Crippen molar-refractivity contribution in [3.63, 3.8) is 0 Å². The van der Waals surface area contributed by atoms with E-state index in [-0.39, 0.29) is 16.9 Å². The molecular weight excluding hydrogens is 284 g/mol. The van der Waals surface area contributed by atoms with Crippen LogP contribution in [0, 0.1) is 0 Å². The zero-order chi connectivity index (χ0) is 10.7. The van der Waals surface area contributed by atoms with E-state index in [4.69, 9.17) is 18.0 Å². The smallest absolute Gasteiger partial charge is 0.252 e. The first kappa shape index (κ1) is 11.6. The van der Waals surface area contributed by atoms with E-state index < -0.39 is 0 Å². The third-order valence-corrected chi connectivity index (χ3v) is 3.46. The van der Waals surface area contributed by atoms with Crippen LogP contribution in [0.2, 0.25) is 0 Å². The van der Waals surface area contributed by atoms with Gasteiger partial charge in [-0.3, -0.25) is 4.79 Å². The minimum Gasteiger partial charge on any atom is -0.392 e. The maximum Gasteiger partial charge on any atom is 0.252 e. The van der Waals surface area contributed by atoms with Crippen molar-refractivity contribution in [1.29, 1.82) is 0 Å². The molecule has 0 aliphatic heterocycles. The lowest BCUT2D eigenvalue weighted by Gasteiger charge is -2.10. The van der Waals surface area contributed by atoms with Gasteiger partial charge in [-0.2, -0.15) is 0 Å². The molecule has 0 aromatic carbocycles. The molecule has 1 unspecified atom stereocenters. The maximum atomic E-state index is 11.5. The summed E-state index contributed by atoms with van der Waals surface area (Å²) in [5, 5.41) is 4.46. The summed E-state index contributed by atoms with van der Waals surface area (Å²) in [7, 11) is 0. The average molecular weight is 293 g/mol. The zero-order valence-electron chi connectivity index (χ0n) is 7.41. The number of thiophene rings is 1. The van der Waals surface area contributed by atoms with Crippen molar-refractivity contribution in [3.8, 4) is 0 Å². The summed E-state index contributed by atoms with van der Waals surface area (Å²) >= 11 is 9.49. The summed E-state index contributed by atoms with van der Waals surface area (Å²) in [5.74, 6) is -0.160. The van der Waals surface area contributed by atoms with Crippen molar-refractivity contribution in [2.75, 3.05) is 0 Å². The van der Waals surface area contributed by atoms with Gasteiger partial charge in [0, 0.05) is 5.38 Å². The zero-order valence-corrected chi connectivity index (χ0v) is 10.6. The molecule has 0 aliphatic carbocycles. The second kappa shape index (κ2) is 4.86. The number of rotatable bonds is 3. The molecule has 76 valence electrons. The van der Waals surface area contributed by atoms with E-state index in [9.17, 15) is 4.79 Å². The normalized spacial score (nSPS) is 12.1. The average Bonchev–Trinajstić information content (AvgIpc) is 2.51. The summed E-state index contributed by atoms with van der Waals surface area (Å²) < 4.78 is 0.922. The van der Waals surface area contributed by atoms with Gasteiger partial charge in [0.05, 0.1) is 20.4 Å². The molecule has 1 aromatic rings. The van der Waals surface area contributed by atoms with E-state index in [1.807, 2.05) is 0 Å². The van der Waals surface area contributed by atoms with Crippen LogP contribution in [-0.2, 0) is 0 Å². The van der Waals surface area contributed by atoms with E-state index in [2.05, 4.69) is 21.2 Å². The van der Waals surface area contributed by atoms with Gasteiger partial charge >= 0.3 is 0 Å². The highest BCUT2D eigenvalue weighted by molar-refractivity contribution is 9.11. The minimum atomic E-state index is -0.281. The SMILES string of the molecule is CC(NC(=O)c1csc(Br)c1)C(N)=S. The standard InChI is InChI=1S/C8H9BrN2OS2/c1-4(7(10)13)11-8(12)5-2-6(9)14-3-5/h2-4H,1H3,(H2,10,13)(H,11,12). The summed E-state index contributed by atoms with van der Waals surface area (Å²) in [6.45, 7) is 1.75. The molecule has 1 atom stereocenters. The fraction of sp³-hybridized carbons (Fsp3) is 0.250. The van der Waals surface area contributed by atoms with Gasteiger partial charge in [-0.25, -0.2) is 0 Å². The Hall–Kier alpha value is -0.460. The van der Waals surface area contributed by atoms with Crippen LogP contribution in [0.25, 0.3) is 0 Å². The number of amides is 1. The van der Waals surface area contributed by atoms with Crippen molar-refractivity contribution in [3.05, 3.63) is 20.8 Å². The van der Waals surface area contributed by atoms with Crippen LogP contribution in [0.1, 0.15) is 17.3 Å². The topological polar surface area (TPSA) is 55.1 Å². The molecule has 0 saturated heterocycles. The Labute approximate surface area is 99.8 Å². The molecule has 0 aliphatic rings. The Morgan fingerprint density at radius 2 is 2.43 bits per heavy atom. The molecule has 3 nitrogen and oxygen atoms in total. The number of hydrogen-bond acceptors (Lipinski definition) is 3. The van der Waals surface area contributed by atoms with E-state index >= 15 is 0 Å². The molecule has 0 bridgehead atoms. The Kier molecular flexibility index (Phi) is 4.03. The molecular formula is C8H9BrN2OS2. The van der Waals surface area contributed by atoms with Crippen LogP contribution in [-0.4, -0.2) is 16.9 Å². The lowest BCUT2D eigenvalue weighted by molar-refractivity contribution is 0.0950. The van der Waals surface area contributed by atoms with Gasteiger partial charge < -0.3 is 11.1 Å². The van der Waals surface area contributed by atoms with Gasteiger partial charge in [0.2, 0.25) is 0 Å². The first-order valence-corrected chi connectivity index (χ1v) is 5.93. The summed E-state index contributed by atoms with van der Waals surface area (Å²) in [6, 6.07) is 1.47. The second-order valence-electron chi connectivity index (χ2n) is 2.74. The molecule has 14 heavy (non-hydrogen) atoms. The minimum absolute atomic E-state index is 0.160. The van der Waals surface area contributed by atoms with Crippen molar-refractivity contribution < 1.29 is 4.79 Å². The molecule has 6 heteroatoms. The third kappa shape index (κ3) is 3.04. The van der Waals surface area contributed by atoms with E-state index in [1.54, 1.807) is 18.4 Å². The van der Waals surface area contributed by atoms with Crippen LogP contribution < -0.4 is 11.1 Å². The predicted molar refractivity (Wildman–Crippen MR) is 65.7 cm³/mol. The maximum absolute atomic E-state index is 11.5. The largest absolute Gasteiger partial charge is 0.392 e. The van der Waals surface area contributed by atoms with Crippen molar-refractivity contribution in [2.45, 2.75) is 13.0 Å². The number of halogens is 1. The van der Waals surface area contributed by atoms with Gasteiger partial charge in [0.15, 0.2) is 0 Å². The fourth-order valence-corrected chi connectivity index (χ4v) is 1.98. The second-order valence-corrected chi connectivity index (χ2v) is 5.50. The Morgan fingerprint density at radius 1 is 1.79 bits per heavy atom. The number of carbonyl (C=O) groups is 1. The lowest BCUT2D eigenvalue weighted by atomic mass is 10.3. The highest BCUT2D eigenvalue weighted by Gasteiger charge is 2.12. The van der Waals surface area contributed by atoms with E-state index in [0.717, 1.165) is 3.79 Å². The highest BCUT2D eigenvalue weighted by atomic mass is 79.9. The first-order chi connectivity index (χ1) is 6.50. The first-order valence-electron chi connectivity index (χ1n) is 3.85. The van der Waals surface area contributed by atoms with Crippen LogP contribution in [0.15, 0.2) is 15.2 Å². The lowest BCUT2D eigenvalue weighted by Crippen LogP contribution is -2.41. The molecule has 1 rings (SSSR count). The Bertz CT molecular complexity index is 364. The van der Waals surface area contributed by atoms with Crippen molar-refractivity contribution in [2.24, 2.45) is 5.73 Å². The Balaban J connectivity index is 2.63. The number of nitrogens with one attached hydrogen (secondary N) is 1. The molecule has 0 radical (unpaired) electrons. The summed E-state index contributed by atoms with van der Waals surface area (Å²) in [5.41, 5.74) is 5.99. The van der Waals surface area contributed by atoms with E-state index in [1.165, 1.54) is 11.3 Å². The molecule has 0 spiro atoms. The quantitative estimate of drug-likeness (QED) is 0.837. The van der Waals surface area contributed by atoms with E-state index in [0.29, 0.717) is 5.56 Å². The molecule has 3 N–H and O–H groups in total. The Morgan fingerprint density at radius 3 is 2.86 bits per heavy atom. The molecule has 1 heterocycles. The number of carbonyl (C=O) groups excluding carboxylic acids is 1. The van der Waals surface area contributed by atoms with Crippen LogP contribution in [0.3, 0.4) is 0 Å². The third-order valence-electron chi connectivity index (χ3n) is 1.60. The summed E-state index contributed by atoms with van der Waals surface area (Å²) in [4.78, 5) is 11.8. The van der Waals surface area contributed by atoms with Gasteiger partial charge in [-0.05, 0) is 28.9 Å². The molecule has 0 saturated carbocycles. The molecule has 1 aromatic heterocycles. The monoisotopic (exact) mass is 292 g/mol. The predicted octanol–water partition coefficient (Wildman–Crippen LogP) is 1.92. The van der Waals surface area contributed by atoms with Crippen molar-refractivity contribution in [1.82, 2.24) is 5.32 Å². The van der Waals surface area contributed by atoms with Crippen molar-refractivity contribution >= 4 is 50.4 Å². The number of hydrogen-bond donors (Lipinski definition) is 2. The number of thiocarbonyl (C=S) groups is 1.